The maximum absolute atomic E-state index is 13.2. The Balaban J connectivity index is 1.90. The minimum atomic E-state index is -1.29. The van der Waals surface area contributed by atoms with E-state index in [-0.39, 0.29) is 18.2 Å². The first-order valence-electron chi connectivity index (χ1n) is 9.74. The third-order valence-corrected chi connectivity index (χ3v) is 4.70. The Morgan fingerprint density at radius 2 is 1.60 bits per heavy atom. The summed E-state index contributed by atoms with van der Waals surface area (Å²) in [5.41, 5.74) is 0.559. The number of amides is 1. The van der Waals surface area contributed by atoms with Crippen LogP contribution in [0, 0.1) is 0 Å². The summed E-state index contributed by atoms with van der Waals surface area (Å²) in [6, 6.07) is 15.5. The number of anilines is 2. The SMILES string of the molecule is CCOC(=O)c1ccc(NC2=C[C@@](C)(C(=O)OCC)N(c3ccccc3)C2=O)cc1. The topological polar surface area (TPSA) is 84.9 Å². The van der Waals surface area contributed by atoms with Crippen LogP contribution >= 0.6 is 0 Å². The average Bonchev–Trinajstić information content (AvgIpc) is 3.00. The van der Waals surface area contributed by atoms with Gasteiger partial charge in [0, 0.05) is 11.4 Å². The smallest absolute Gasteiger partial charge is 0.338 e. The van der Waals surface area contributed by atoms with E-state index >= 15 is 0 Å². The van der Waals surface area contributed by atoms with Crippen LogP contribution < -0.4 is 10.2 Å². The molecule has 1 N–H and O–H groups in total. The monoisotopic (exact) mass is 408 g/mol. The fraction of sp³-hybridized carbons (Fsp3) is 0.261. The van der Waals surface area contributed by atoms with Crippen LogP contribution in [0.25, 0.3) is 0 Å². The van der Waals surface area contributed by atoms with Crippen LogP contribution in [0.1, 0.15) is 31.1 Å². The van der Waals surface area contributed by atoms with E-state index in [4.69, 9.17) is 9.47 Å². The summed E-state index contributed by atoms with van der Waals surface area (Å²) < 4.78 is 10.2. The zero-order valence-electron chi connectivity index (χ0n) is 17.2. The first-order valence-corrected chi connectivity index (χ1v) is 9.74. The zero-order valence-corrected chi connectivity index (χ0v) is 17.2. The molecule has 0 spiro atoms. The van der Waals surface area contributed by atoms with Gasteiger partial charge >= 0.3 is 11.9 Å². The first kappa shape index (κ1) is 21.1. The van der Waals surface area contributed by atoms with Crippen molar-refractivity contribution in [1.82, 2.24) is 0 Å². The summed E-state index contributed by atoms with van der Waals surface area (Å²) in [6.07, 6.45) is 1.57. The van der Waals surface area contributed by atoms with E-state index in [1.54, 1.807) is 75.4 Å². The Morgan fingerprint density at radius 3 is 2.20 bits per heavy atom. The third-order valence-electron chi connectivity index (χ3n) is 4.70. The maximum Gasteiger partial charge on any atom is 0.338 e. The van der Waals surface area contributed by atoms with Crippen molar-refractivity contribution >= 4 is 29.2 Å². The molecule has 0 saturated heterocycles. The molecule has 0 bridgehead atoms. The molecule has 2 aromatic carbocycles. The van der Waals surface area contributed by atoms with Gasteiger partial charge in [-0.25, -0.2) is 9.59 Å². The van der Waals surface area contributed by atoms with Gasteiger partial charge in [-0.15, -0.1) is 0 Å². The van der Waals surface area contributed by atoms with Gasteiger partial charge in [-0.1, -0.05) is 18.2 Å². The molecule has 0 fully saturated rings. The zero-order chi connectivity index (χ0) is 21.7. The second kappa shape index (κ2) is 8.82. The van der Waals surface area contributed by atoms with Gasteiger partial charge in [-0.3, -0.25) is 9.69 Å². The molecule has 7 heteroatoms. The molecular formula is C23H24N2O5. The minimum absolute atomic E-state index is 0.206. The fourth-order valence-corrected chi connectivity index (χ4v) is 3.28. The molecule has 30 heavy (non-hydrogen) atoms. The van der Waals surface area contributed by atoms with Gasteiger partial charge in [-0.2, -0.15) is 0 Å². The predicted molar refractivity (Wildman–Crippen MR) is 113 cm³/mol. The van der Waals surface area contributed by atoms with Crippen LogP contribution in [0.5, 0.6) is 0 Å². The highest BCUT2D eigenvalue weighted by Gasteiger charge is 2.49. The second-order valence-corrected chi connectivity index (χ2v) is 6.82. The molecule has 0 aromatic heterocycles. The lowest BCUT2D eigenvalue weighted by Gasteiger charge is -2.32. The average molecular weight is 408 g/mol. The summed E-state index contributed by atoms with van der Waals surface area (Å²) in [7, 11) is 0. The van der Waals surface area contributed by atoms with Crippen LogP contribution in [0.3, 0.4) is 0 Å². The molecule has 156 valence electrons. The molecule has 7 nitrogen and oxygen atoms in total. The van der Waals surface area contributed by atoms with E-state index in [0.717, 1.165) is 0 Å². The molecule has 1 aliphatic heterocycles. The first-order chi connectivity index (χ1) is 14.4. The van der Waals surface area contributed by atoms with Gasteiger partial charge in [-0.05, 0) is 63.2 Å². The lowest BCUT2D eigenvalue weighted by Crippen LogP contribution is -2.51. The van der Waals surface area contributed by atoms with Gasteiger partial charge in [0.2, 0.25) is 0 Å². The van der Waals surface area contributed by atoms with Crippen molar-refractivity contribution in [2.45, 2.75) is 26.3 Å². The summed E-state index contributed by atoms with van der Waals surface area (Å²) in [4.78, 5) is 39.2. The van der Waals surface area contributed by atoms with Crippen LogP contribution in [-0.4, -0.2) is 36.6 Å². The molecular weight excluding hydrogens is 384 g/mol. The number of para-hydroxylation sites is 1. The van der Waals surface area contributed by atoms with Gasteiger partial charge in [0.05, 0.1) is 18.8 Å². The van der Waals surface area contributed by atoms with E-state index < -0.39 is 17.5 Å². The Labute approximate surface area is 175 Å². The summed E-state index contributed by atoms with van der Waals surface area (Å²) in [5.74, 6) is -1.28. The Kier molecular flexibility index (Phi) is 6.20. The molecule has 0 saturated carbocycles. The van der Waals surface area contributed by atoms with Crippen molar-refractivity contribution in [3.63, 3.8) is 0 Å². The van der Waals surface area contributed by atoms with Crippen LogP contribution in [0.15, 0.2) is 66.4 Å². The van der Waals surface area contributed by atoms with E-state index in [9.17, 15) is 14.4 Å². The van der Waals surface area contributed by atoms with Gasteiger partial charge in [0.25, 0.3) is 5.91 Å². The Hall–Kier alpha value is -3.61. The van der Waals surface area contributed by atoms with Crippen molar-refractivity contribution in [1.29, 1.82) is 0 Å². The number of rotatable bonds is 7. The van der Waals surface area contributed by atoms with Crippen LogP contribution in [-0.2, 0) is 19.1 Å². The van der Waals surface area contributed by atoms with E-state index in [2.05, 4.69) is 5.32 Å². The highest BCUT2D eigenvalue weighted by molar-refractivity contribution is 6.16. The van der Waals surface area contributed by atoms with Gasteiger partial charge in [0.15, 0.2) is 5.54 Å². The molecule has 0 aliphatic carbocycles. The largest absolute Gasteiger partial charge is 0.464 e. The van der Waals surface area contributed by atoms with Crippen LogP contribution in [0.2, 0.25) is 0 Å². The maximum atomic E-state index is 13.2. The second-order valence-electron chi connectivity index (χ2n) is 6.82. The molecule has 1 amide bonds. The van der Waals surface area contributed by atoms with E-state index in [1.807, 2.05) is 6.07 Å². The fourth-order valence-electron chi connectivity index (χ4n) is 3.28. The van der Waals surface area contributed by atoms with E-state index in [0.29, 0.717) is 23.5 Å². The molecule has 0 radical (unpaired) electrons. The number of benzene rings is 2. The summed E-state index contributed by atoms with van der Waals surface area (Å²) in [5, 5.41) is 3.05. The number of nitrogens with one attached hydrogen (secondary N) is 1. The molecule has 2 aromatic rings. The molecule has 0 unspecified atom stereocenters. The number of nitrogens with zero attached hydrogens (tertiary/aromatic N) is 1. The quantitative estimate of drug-likeness (QED) is 0.706. The highest BCUT2D eigenvalue weighted by Crippen LogP contribution is 2.35. The normalized spacial score (nSPS) is 18.0. The standard InChI is InChI=1S/C23H24N2O5/c1-4-29-21(27)16-11-13-17(14-12-16)24-19-15-23(3,22(28)30-5-2)25(20(19)26)18-9-7-6-8-10-18/h6-15,24H,4-5H2,1-3H3/t23-/m0/s1. The number of carbonyl (C=O) groups excluding carboxylic acids is 3. The summed E-state index contributed by atoms with van der Waals surface area (Å²) in [6.45, 7) is 5.61. The lowest BCUT2D eigenvalue weighted by atomic mass is 10.0. The van der Waals surface area contributed by atoms with E-state index in [1.165, 1.54) is 4.90 Å². The minimum Gasteiger partial charge on any atom is -0.464 e. The lowest BCUT2D eigenvalue weighted by molar-refractivity contribution is -0.147. The predicted octanol–water partition coefficient (Wildman–Crippen LogP) is 3.53. The Morgan fingerprint density at radius 1 is 0.967 bits per heavy atom. The van der Waals surface area contributed by atoms with Gasteiger partial charge in [0.1, 0.15) is 5.70 Å². The molecule has 1 heterocycles. The number of hydrogen-bond acceptors (Lipinski definition) is 6. The molecule has 3 rings (SSSR count). The number of carbonyl (C=O) groups is 3. The number of esters is 2. The Bertz CT molecular complexity index is 969. The van der Waals surface area contributed by atoms with Crippen LogP contribution in [0.4, 0.5) is 11.4 Å². The van der Waals surface area contributed by atoms with Crippen molar-refractivity contribution in [3.8, 4) is 0 Å². The van der Waals surface area contributed by atoms with Gasteiger partial charge < -0.3 is 14.8 Å². The number of ether oxygens (including phenoxy) is 2. The van der Waals surface area contributed by atoms with Crippen molar-refractivity contribution < 1.29 is 23.9 Å². The highest BCUT2D eigenvalue weighted by atomic mass is 16.5. The number of hydrogen-bond donors (Lipinski definition) is 1. The van der Waals surface area contributed by atoms with Crippen molar-refractivity contribution in [2.24, 2.45) is 0 Å². The summed E-state index contributed by atoms with van der Waals surface area (Å²) >= 11 is 0. The van der Waals surface area contributed by atoms with Crippen molar-refractivity contribution in [3.05, 3.63) is 71.9 Å². The third kappa shape index (κ3) is 4.05. The van der Waals surface area contributed by atoms with Crippen molar-refractivity contribution in [2.75, 3.05) is 23.4 Å². The molecule has 1 atom stereocenters. The molecule has 1 aliphatic rings.